The van der Waals surface area contributed by atoms with E-state index >= 15 is 0 Å². The molecule has 3 rings (SSSR count). The summed E-state index contributed by atoms with van der Waals surface area (Å²) in [6.07, 6.45) is 2.57. The lowest BCUT2D eigenvalue weighted by molar-refractivity contribution is -0.122. The van der Waals surface area contributed by atoms with E-state index in [0.29, 0.717) is 23.6 Å². The van der Waals surface area contributed by atoms with Crippen molar-refractivity contribution in [3.63, 3.8) is 0 Å². The lowest BCUT2D eigenvalue weighted by atomic mass is 9.85. The number of benzene rings is 1. The van der Waals surface area contributed by atoms with Gasteiger partial charge in [0.15, 0.2) is 0 Å². The van der Waals surface area contributed by atoms with Crippen LogP contribution in [0.5, 0.6) is 0 Å². The number of rotatable bonds is 2. The van der Waals surface area contributed by atoms with Gasteiger partial charge in [-0.15, -0.1) is 0 Å². The first-order valence-corrected chi connectivity index (χ1v) is 8.56. The highest BCUT2D eigenvalue weighted by atomic mass is 35.5. The molecule has 22 heavy (non-hydrogen) atoms. The van der Waals surface area contributed by atoms with E-state index in [1.165, 1.54) is 24.3 Å². The number of carbonyl (C=O) groups excluding carboxylic acids is 2. The van der Waals surface area contributed by atoms with Crippen LogP contribution in [0.1, 0.15) is 12.8 Å². The molecule has 116 valence electrons. The average molecular weight is 341 g/mol. The van der Waals surface area contributed by atoms with E-state index in [1.54, 1.807) is 6.08 Å². The van der Waals surface area contributed by atoms with Crippen molar-refractivity contribution in [3.05, 3.63) is 35.4 Å². The van der Waals surface area contributed by atoms with Crippen LogP contribution < -0.4 is 10.0 Å². The van der Waals surface area contributed by atoms with Crippen molar-refractivity contribution in [2.75, 3.05) is 4.90 Å². The third-order valence-electron chi connectivity index (χ3n) is 3.99. The summed E-state index contributed by atoms with van der Waals surface area (Å²) in [4.78, 5) is 25.9. The topological polar surface area (TPSA) is 97.5 Å². The third kappa shape index (κ3) is 2.45. The van der Waals surface area contributed by atoms with E-state index in [4.69, 9.17) is 16.7 Å². The molecule has 1 fully saturated rings. The van der Waals surface area contributed by atoms with Gasteiger partial charge in [-0.1, -0.05) is 17.7 Å². The van der Waals surface area contributed by atoms with Crippen LogP contribution in [-0.4, -0.2) is 20.2 Å². The number of sulfonamides is 1. The fourth-order valence-corrected chi connectivity index (χ4v) is 3.64. The summed E-state index contributed by atoms with van der Waals surface area (Å²) in [5.41, 5.74) is 0.341. The predicted octanol–water partition coefficient (Wildman–Crippen LogP) is 1.36. The van der Waals surface area contributed by atoms with Crippen LogP contribution in [0.4, 0.5) is 5.69 Å². The zero-order chi connectivity index (χ0) is 16.1. The molecule has 0 spiro atoms. The molecule has 6 nitrogen and oxygen atoms in total. The quantitative estimate of drug-likeness (QED) is 0.822. The van der Waals surface area contributed by atoms with Crippen molar-refractivity contribution in [3.8, 4) is 0 Å². The van der Waals surface area contributed by atoms with Crippen molar-refractivity contribution >= 4 is 39.1 Å². The van der Waals surface area contributed by atoms with Gasteiger partial charge < -0.3 is 0 Å². The van der Waals surface area contributed by atoms with Gasteiger partial charge >= 0.3 is 0 Å². The largest absolute Gasteiger partial charge is 0.274 e. The normalized spacial score (nSPS) is 25.2. The maximum atomic E-state index is 12.5. The van der Waals surface area contributed by atoms with E-state index in [9.17, 15) is 18.0 Å². The number of primary sulfonamides is 1. The molecule has 1 aromatic carbocycles. The highest BCUT2D eigenvalue weighted by Gasteiger charge is 2.48. The minimum atomic E-state index is -3.81. The van der Waals surface area contributed by atoms with E-state index < -0.39 is 21.9 Å². The number of fused-ring (bicyclic) bond motifs is 1. The number of anilines is 1. The molecule has 0 bridgehead atoms. The van der Waals surface area contributed by atoms with Gasteiger partial charge in [0.2, 0.25) is 21.8 Å². The summed E-state index contributed by atoms with van der Waals surface area (Å²) in [7, 11) is -3.81. The van der Waals surface area contributed by atoms with Crippen molar-refractivity contribution in [1.82, 2.24) is 0 Å². The number of imide groups is 1. The fourth-order valence-electron chi connectivity index (χ4n) is 2.87. The van der Waals surface area contributed by atoms with Crippen LogP contribution in [0.25, 0.3) is 0 Å². The molecule has 2 atom stereocenters. The van der Waals surface area contributed by atoms with Crippen LogP contribution >= 0.6 is 11.6 Å². The molecule has 0 unspecified atom stereocenters. The third-order valence-corrected chi connectivity index (χ3v) is 5.23. The monoisotopic (exact) mass is 340 g/mol. The Labute approximate surface area is 132 Å². The van der Waals surface area contributed by atoms with E-state index in [1.807, 2.05) is 0 Å². The van der Waals surface area contributed by atoms with Crippen molar-refractivity contribution < 1.29 is 18.0 Å². The summed E-state index contributed by atoms with van der Waals surface area (Å²) in [6, 6.07) is 5.36. The molecular weight excluding hydrogens is 328 g/mol. The number of hydrogen-bond donors (Lipinski definition) is 1. The van der Waals surface area contributed by atoms with Crippen LogP contribution in [0.3, 0.4) is 0 Å². The maximum absolute atomic E-state index is 12.5. The van der Waals surface area contributed by atoms with Crippen LogP contribution in [0.15, 0.2) is 40.3 Å². The van der Waals surface area contributed by atoms with Crippen molar-refractivity contribution in [2.45, 2.75) is 17.7 Å². The highest BCUT2D eigenvalue weighted by molar-refractivity contribution is 7.89. The summed E-state index contributed by atoms with van der Waals surface area (Å²) in [5.74, 6) is -1.42. The molecule has 1 saturated heterocycles. The van der Waals surface area contributed by atoms with Gasteiger partial charge in [0.05, 0.1) is 22.4 Å². The molecule has 0 radical (unpaired) electrons. The Hall–Kier alpha value is -1.70. The zero-order valence-electron chi connectivity index (χ0n) is 11.4. The Morgan fingerprint density at radius 2 is 1.68 bits per heavy atom. The van der Waals surface area contributed by atoms with E-state index in [-0.39, 0.29) is 16.7 Å². The number of amides is 2. The molecular formula is C14H13ClN2O4S. The second kappa shape index (κ2) is 5.19. The van der Waals surface area contributed by atoms with Gasteiger partial charge in [-0.2, -0.15) is 0 Å². The van der Waals surface area contributed by atoms with Gasteiger partial charge in [0.1, 0.15) is 0 Å². The number of nitrogens with zero attached hydrogens (tertiary/aromatic N) is 1. The fraction of sp³-hybridized carbons (Fsp3) is 0.286. The van der Waals surface area contributed by atoms with Crippen molar-refractivity contribution in [1.29, 1.82) is 0 Å². The van der Waals surface area contributed by atoms with Crippen LogP contribution in [-0.2, 0) is 19.6 Å². The van der Waals surface area contributed by atoms with Gasteiger partial charge in [-0.3, -0.25) is 14.5 Å². The van der Waals surface area contributed by atoms with Crippen molar-refractivity contribution in [2.24, 2.45) is 17.0 Å². The summed E-state index contributed by atoms with van der Waals surface area (Å²) >= 11 is 5.96. The lowest BCUT2D eigenvalue weighted by Gasteiger charge is -2.17. The zero-order valence-corrected chi connectivity index (χ0v) is 13.0. The first-order valence-electron chi connectivity index (χ1n) is 6.64. The number of allylic oxidation sites excluding steroid dienone is 2. The molecule has 1 aromatic rings. The Morgan fingerprint density at radius 1 is 1.09 bits per heavy atom. The van der Waals surface area contributed by atoms with Crippen LogP contribution in [0.2, 0.25) is 0 Å². The predicted molar refractivity (Wildman–Crippen MR) is 80.5 cm³/mol. The van der Waals surface area contributed by atoms with Gasteiger partial charge in [0.25, 0.3) is 0 Å². The maximum Gasteiger partial charge on any atom is 0.238 e. The lowest BCUT2D eigenvalue weighted by Crippen LogP contribution is -2.30. The smallest absolute Gasteiger partial charge is 0.238 e. The molecule has 1 aliphatic heterocycles. The Balaban J connectivity index is 1.93. The first kappa shape index (κ1) is 15.2. The Bertz CT molecular complexity index is 786. The summed E-state index contributed by atoms with van der Waals surface area (Å²) < 4.78 is 22.5. The molecule has 2 N–H and O–H groups in total. The van der Waals surface area contributed by atoms with Gasteiger partial charge in [0, 0.05) is 5.03 Å². The Kier molecular flexibility index (Phi) is 3.58. The molecule has 1 heterocycles. The minimum absolute atomic E-state index is 0.0718. The minimum Gasteiger partial charge on any atom is -0.274 e. The standard InChI is InChI=1S/C14H13ClN2O4S/c15-8-1-6-11-12(7-8)14(19)17(13(11)18)9-2-4-10(5-3-9)22(16,20)21/h1-5,11-12H,6-7H2,(H2,16,20,21)/t11-,12+/m0/s1. The van der Waals surface area contributed by atoms with Crippen LogP contribution in [0, 0.1) is 11.8 Å². The molecule has 2 aliphatic rings. The van der Waals surface area contributed by atoms with E-state index in [0.717, 1.165) is 4.90 Å². The molecule has 1 aliphatic carbocycles. The van der Waals surface area contributed by atoms with Gasteiger partial charge in [-0.05, 0) is 37.1 Å². The summed E-state index contributed by atoms with van der Waals surface area (Å²) in [6.45, 7) is 0. The average Bonchev–Trinajstić information content (AvgIpc) is 2.70. The second-order valence-electron chi connectivity index (χ2n) is 5.35. The Morgan fingerprint density at radius 3 is 2.27 bits per heavy atom. The molecule has 2 amide bonds. The SMILES string of the molecule is NS(=O)(=O)c1ccc(N2C(=O)[C@H]3CC=C(Cl)C[C@H]3C2=O)cc1. The number of carbonyl (C=O) groups is 2. The summed E-state index contributed by atoms with van der Waals surface area (Å²) in [5, 5.41) is 5.62. The van der Waals surface area contributed by atoms with Gasteiger partial charge in [-0.25, -0.2) is 13.6 Å². The highest BCUT2D eigenvalue weighted by Crippen LogP contribution is 2.40. The molecule has 8 heteroatoms. The second-order valence-corrected chi connectivity index (χ2v) is 7.40. The number of hydrogen-bond acceptors (Lipinski definition) is 4. The first-order chi connectivity index (χ1) is 10.3. The van der Waals surface area contributed by atoms with E-state index in [2.05, 4.69) is 0 Å². The molecule has 0 saturated carbocycles. The number of halogens is 1. The molecule has 0 aromatic heterocycles. The number of nitrogens with two attached hydrogens (primary N) is 1.